The Hall–Kier alpha value is -2.38. The van der Waals surface area contributed by atoms with Crippen LogP contribution < -0.4 is 10.2 Å². The smallest absolute Gasteiger partial charge is 0.255 e. The molecular formula is C20H27N3O3S. The molecule has 6 nitrogen and oxygen atoms in total. The number of rotatable bonds is 7. The Bertz CT molecular complexity index is 874. The van der Waals surface area contributed by atoms with Gasteiger partial charge in [-0.05, 0) is 69.3 Å². The lowest BCUT2D eigenvalue weighted by molar-refractivity contribution is 0.102. The van der Waals surface area contributed by atoms with E-state index in [1.807, 2.05) is 24.3 Å². The van der Waals surface area contributed by atoms with Crippen LogP contribution in [0.1, 0.15) is 31.1 Å². The minimum atomic E-state index is -3.50. The largest absolute Gasteiger partial charge is 0.369 e. The van der Waals surface area contributed by atoms with Crippen molar-refractivity contribution >= 4 is 27.3 Å². The van der Waals surface area contributed by atoms with Crippen molar-refractivity contribution in [3.63, 3.8) is 0 Å². The average Bonchev–Trinajstić information content (AvgIpc) is 2.63. The van der Waals surface area contributed by atoms with Crippen LogP contribution in [-0.2, 0) is 10.0 Å². The van der Waals surface area contributed by atoms with Crippen molar-refractivity contribution in [1.82, 2.24) is 4.31 Å². The highest BCUT2D eigenvalue weighted by Crippen LogP contribution is 2.21. The molecule has 0 saturated heterocycles. The summed E-state index contributed by atoms with van der Waals surface area (Å²) in [4.78, 5) is 14.8. The van der Waals surface area contributed by atoms with Gasteiger partial charge in [0.2, 0.25) is 10.0 Å². The molecule has 2 rings (SSSR count). The zero-order chi connectivity index (χ0) is 20.2. The number of amides is 1. The van der Waals surface area contributed by atoms with Gasteiger partial charge in [0.25, 0.3) is 5.91 Å². The Morgan fingerprint density at radius 3 is 2.00 bits per heavy atom. The van der Waals surface area contributed by atoms with Crippen LogP contribution in [-0.4, -0.2) is 45.3 Å². The number of hydrogen-bond donors (Lipinski definition) is 1. The van der Waals surface area contributed by atoms with E-state index in [0.29, 0.717) is 17.3 Å². The van der Waals surface area contributed by atoms with Crippen LogP contribution in [0.3, 0.4) is 0 Å². The SMILES string of the molecule is CCN(c1ccc(NC(=O)c2ccc(S(=O)(=O)N(C)C)cc2)cc1)C(C)C. The monoisotopic (exact) mass is 389 g/mol. The van der Waals surface area contributed by atoms with Crippen molar-refractivity contribution in [3.05, 3.63) is 54.1 Å². The van der Waals surface area contributed by atoms with Crippen LogP contribution in [0, 0.1) is 0 Å². The molecule has 146 valence electrons. The van der Waals surface area contributed by atoms with E-state index in [2.05, 4.69) is 31.0 Å². The second kappa shape index (κ2) is 8.54. The Balaban J connectivity index is 2.11. The van der Waals surface area contributed by atoms with Crippen molar-refractivity contribution in [2.75, 3.05) is 30.9 Å². The summed E-state index contributed by atoms with van der Waals surface area (Å²) in [6.07, 6.45) is 0. The predicted molar refractivity (Wildman–Crippen MR) is 110 cm³/mol. The molecule has 0 spiro atoms. The molecule has 0 heterocycles. The molecule has 0 aromatic heterocycles. The lowest BCUT2D eigenvalue weighted by Gasteiger charge is -2.27. The summed E-state index contributed by atoms with van der Waals surface area (Å²) in [5.41, 5.74) is 2.19. The number of nitrogens with zero attached hydrogens (tertiary/aromatic N) is 2. The van der Waals surface area contributed by atoms with Crippen molar-refractivity contribution in [3.8, 4) is 0 Å². The van der Waals surface area contributed by atoms with Gasteiger partial charge >= 0.3 is 0 Å². The number of sulfonamides is 1. The maximum atomic E-state index is 12.4. The molecule has 2 aromatic rings. The molecule has 27 heavy (non-hydrogen) atoms. The summed E-state index contributed by atoms with van der Waals surface area (Å²) in [6, 6.07) is 14.0. The molecule has 0 bridgehead atoms. The molecule has 0 aliphatic carbocycles. The van der Waals surface area contributed by atoms with Crippen molar-refractivity contribution in [2.45, 2.75) is 31.7 Å². The third-order valence-corrected chi connectivity index (χ3v) is 6.15. The number of hydrogen-bond acceptors (Lipinski definition) is 4. The van der Waals surface area contributed by atoms with Crippen molar-refractivity contribution in [2.24, 2.45) is 0 Å². The maximum absolute atomic E-state index is 12.4. The van der Waals surface area contributed by atoms with E-state index in [4.69, 9.17) is 0 Å². The van der Waals surface area contributed by atoms with E-state index in [1.54, 1.807) is 0 Å². The first kappa shape index (κ1) is 20.9. The Morgan fingerprint density at radius 2 is 1.56 bits per heavy atom. The Labute approximate surface area is 161 Å². The molecule has 1 N–H and O–H groups in total. The first-order valence-electron chi connectivity index (χ1n) is 8.87. The third-order valence-electron chi connectivity index (χ3n) is 4.32. The molecule has 0 radical (unpaired) electrons. The summed E-state index contributed by atoms with van der Waals surface area (Å²) >= 11 is 0. The van der Waals surface area contributed by atoms with E-state index < -0.39 is 10.0 Å². The van der Waals surface area contributed by atoms with Gasteiger partial charge in [-0.2, -0.15) is 0 Å². The minimum Gasteiger partial charge on any atom is -0.369 e. The van der Waals surface area contributed by atoms with Gasteiger partial charge in [0.15, 0.2) is 0 Å². The molecular weight excluding hydrogens is 362 g/mol. The fourth-order valence-electron chi connectivity index (χ4n) is 2.77. The summed E-state index contributed by atoms with van der Waals surface area (Å²) < 4.78 is 25.3. The Morgan fingerprint density at radius 1 is 1.00 bits per heavy atom. The normalized spacial score (nSPS) is 11.7. The van der Waals surface area contributed by atoms with Crippen LogP contribution in [0.25, 0.3) is 0 Å². The van der Waals surface area contributed by atoms with Gasteiger partial charge in [0, 0.05) is 43.6 Å². The minimum absolute atomic E-state index is 0.154. The zero-order valence-corrected chi connectivity index (χ0v) is 17.2. The quantitative estimate of drug-likeness (QED) is 0.788. The van der Waals surface area contributed by atoms with Crippen LogP contribution in [0.5, 0.6) is 0 Å². The second-order valence-electron chi connectivity index (χ2n) is 6.69. The first-order valence-corrected chi connectivity index (χ1v) is 10.3. The summed E-state index contributed by atoms with van der Waals surface area (Å²) in [6.45, 7) is 7.29. The molecule has 0 fully saturated rings. The standard InChI is InChI=1S/C20H27N3O3S/c1-6-23(15(2)3)18-11-9-17(10-12-18)21-20(24)16-7-13-19(14-8-16)27(25,26)22(4)5/h7-15H,6H2,1-5H3,(H,21,24). The van der Waals surface area contributed by atoms with Crippen molar-refractivity contribution < 1.29 is 13.2 Å². The van der Waals surface area contributed by atoms with E-state index in [-0.39, 0.29) is 10.8 Å². The number of anilines is 2. The van der Waals surface area contributed by atoms with E-state index in [0.717, 1.165) is 16.5 Å². The van der Waals surface area contributed by atoms with E-state index in [9.17, 15) is 13.2 Å². The second-order valence-corrected chi connectivity index (χ2v) is 8.84. The first-order chi connectivity index (χ1) is 12.7. The number of nitrogens with one attached hydrogen (secondary N) is 1. The van der Waals surface area contributed by atoms with Gasteiger partial charge in [-0.25, -0.2) is 12.7 Å². The summed E-state index contributed by atoms with van der Waals surface area (Å²) in [5, 5.41) is 2.84. The van der Waals surface area contributed by atoms with Gasteiger partial charge in [-0.1, -0.05) is 0 Å². The summed E-state index contributed by atoms with van der Waals surface area (Å²) in [5.74, 6) is -0.284. The maximum Gasteiger partial charge on any atom is 0.255 e. The molecule has 0 atom stereocenters. The molecule has 2 aromatic carbocycles. The molecule has 0 saturated carbocycles. The molecule has 7 heteroatoms. The third kappa shape index (κ3) is 4.87. The average molecular weight is 390 g/mol. The van der Waals surface area contributed by atoms with E-state index in [1.165, 1.54) is 38.4 Å². The van der Waals surface area contributed by atoms with Gasteiger partial charge in [0.05, 0.1) is 4.90 Å². The fraction of sp³-hybridized carbons (Fsp3) is 0.350. The topological polar surface area (TPSA) is 69.7 Å². The number of carbonyl (C=O) groups excluding carboxylic acids is 1. The molecule has 1 amide bonds. The van der Waals surface area contributed by atoms with Crippen LogP contribution in [0.15, 0.2) is 53.4 Å². The van der Waals surface area contributed by atoms with Crippen LogP contribution in [0.4, 0.5) is 11.4 Å². The number of carbonyl (C=O) groups is 1. The lowest BCUT2D eigenvalue weighted by atomic mass is 10.2. The highest BCUT2D eigenvalue weighted by atomic mass is 32.2. The highest BCUT2D eigenvalue weighted by molar-refractivity contribution is 7.89. The number of benzene rings is 2. The Kier molecular flexibility index (Phi) is 6.62. The molecule has 0 aliphatic heterocycles. The van der Waals surface area contributed by atoms with Crippen LogP contribution >= 0.6 is 0 Å². The van der Waals surface area contributed by atoms with Gasteiger partial charge < -0.3 is 10.2 Å². The van der Waals surface area contributed by atoms with Gasteiger partial charge in [0.1, 0.15) is 0 Å². The lowest BCUT2D eigenvalue weighted by Crippen LogP contribution is -2.30. The van der Waals surface area contributed by atoms with Gasteiger partial charge in [-0.3, -0.25) is 4.79 Å². The predicted octanol–water partition coefficient (Wildman–Crippen LogP) is 3.42. The van der Waals surface area contributed by atoms with E-state index >= 15 is 0 Å². The highest BCUT2D eigenvalue weighted by Gasteiger charge is 2.17. The molecule has 0 unspecified atom stereocenters. The fourth-order valence-corrected chi connectivity index (χ4v) is 3.68. The summed E-state index contributed by atoms with van der Waals surface area (Å²) in [7, 11) is -0.562. The molecule has 0 aliphatic rings. The van der Waals surface area contributed by atoms with Gasteiger partial charge in [-0.15, -0.1) is 0 Å². The zero-order valence-electron chi connectivity index (χ0n) is 16.4. The van der Waals surface area contributed by atoms with Crippen LogP contribution in [0.2, 0.25) is 0 Å². The van der Waals surface area contributed by atoms with Crippen molar-refractivity contribution in [1.29, 1.82) is 0 Å².